The number of nitrogens with zero attached hydrogens (tertiary/aromatic N) is 2. The van der Waals surface area contributed by atoms with Crippen molar-refractivity contribution < 1.29 is 26.3 Å². The third kappa shape index (κ3) is 4.31. The number of rotatable bonds is 2. The Bertz CT molecular complexity index is 1390. The summed E-state index contributed by atoms with van der Waals surface area (Å²) < 4.78 is 80.0. The van der Waals surface area contributed by atoms with Gasteiger partial charge < -0.3 is 0 Å². The molecule has 4 aromatic carbocycles. The van der Waals surface area contributed by atoms with Gasteiger partial charge in [-0.25, -0.2) is 0 Å². The van der Waals surface area contributed by atoms with Gasteiger partial charge in [0.2, 0.25) is 0 Å². The predicted molar refractivity (Wildman–Crippen MR) is 114 cm³/mol. The number of alkyl halides is 6. The molecule has 0 fully saturated rings. The maximum Gasteiger partial charge on any atom is 0.416 e. The fraction of sp³-hybridized carbons (Fsp3) is 0.0769. The van der Waals surface area contributed by atoms with Gasteiger partial charge in [0.25, 0.3) is 0 Å². The summed E-state index contributed by atoms with van der Waals surface area (Å²) in [7, 11) is 0. The van der Waals surface area contributed by atoms with Gasteiger partial charge in [0, 0.05) is 0 Å². The molecule has 0 spiro atoms. The molecule has 8 heteroatoms. The highest BCUT2D eigenvalue weighted by atomic mass is 19.4. The molecule has 34 heavy (non-hydrogen) atoms. The first kappa shape index (κ1) is 22.9. The molecular formula is C26H12F6N2. The van der Waals surface area contributed by atoms with Gasteiger partial charge in [-0.05, 0) is 81.6 Å². The third-order valence-electron chi connectivity index (χ3n) is 5.36. The summed E-state index contributed by atoms with van der Waals surface area (Å²) in [4.78, 5) is 0. The standard InChI is InChI=1S/C26H12F6N2/c27-25(28,29)21-5-1-3-15(9-21)23-11-17-7-19(13-33)20(14-34)8-18(17)12-24(23)16-4-2-6-22(10-16)26(30,31)32/h1-12H. The SMILES string of the molecule is N#Cc1cc2cc(-c3cccc(C(F)(F)F)c3)c(-c3cccc(C(F)(F)F)c3)cc2cc1C#N. The van der Waals surface area contributed by atoms with Crippen LogP contribution in [0, 0.1) is 22.7 Å². The van der Waals surface area contributed by atoms with Crippen molar-refractivity contribution >= 4 is 10.8 Å². The van der Waals surface area contributed by atoms with Crippen molar-refractivity contribution in [1.29, 1.82) is 10.5 Å². The van der Waals surface area contributed by atoms with Crippen LogP contribution in [0.5, 0.6) is 0 Å². The summed E-state index contributed by atoms with van der Waals surface area (Å²) in [6.07, 6.45) is -9.22. The number of hydrogen-bond acceptors (Lipinski definition) is 2. The second kappa shape index (κ2) is 8.24. The fourth-order valence-corrected chi connectivity index (χ4v) is 3.74. The summed E-state index contributed by atoms with van der Waals surface area (Å²) in [5.41, 5.74) is -0.846. The van der Waals surface area contributed by atoms with E-state index < -0.39 is 23.5 Å². The van der Waals surface area contributed by atoms with Crippen molar-refractivity contribution in [3.63, 3.8) is 0 Å². The molecule has 0 unspecified atom stereocenters. The van der Waals surface area contributed by atoms with E-state index in [1.807, 2.05) is 12.1 Å². The van der Waals surface area contributed by atoms with Crippen LogP contribution < -0.4 is 0 Å². The first-order valence-electron chi connectivity index (χ1n) is 9.78. The van der Waals surface area contributed by atoms with E-state index in [0.717, 1.165) is 24.3 Å². The Morgan fingerprint density at radius 1 is 0.529 bits per heavy atom. The van der Waals surface area contributed by atoms with Gasteiger partial charge in [-0.3, -0.25) is 0 Å². The predicted octanol–water partition coefficient (Wildman–Crippen LogP) is 7.95. The van der Waals surface area contributed by atoms with Crippen molar-refractivity contribution in [2.24, 2.45) is 0 Å². The average Bonchev–Trinajstić information content (AvgIpc) is 2.81. The molecule has 0 atom stereocenters. The summed E-state index contributed by atoms with van der Waals surface area (Å²) in [6, 6.07) is 18.7. The van der Waals surface area contributed by atoms with Crippen molar-refractivity contribution in [3.05, 3.63) is 95.1 Å². The van der Waals surface area contributed by atoms with Gasteiger partial charge in [-0.1, -0.05) is 24.3 Å². The molecule has 0 aliphatic heterocycles. The van der Waals surface area contributed by atoms with Gasteiger partial charge >= 0.3 is 12.4 Å². The normalized spacial score (nSPS) is 11.8. The first-order valence-corrected chi connectivity index (χ1v) is 9.78. The van der Waals surface area contributed by atoms with Crippen LogP contribution in [0.2, 0.25) is 0 Å². The Labute approximate surface area is 189 Å². The number of nitriles is 2. The van der Waals surface area contributed by atoms with E-state index in [-0.39, 0.29) is 33.4 Å². The number of benzene rings is 4. The van der Waals surface area contributed by atoms with Crippen LogP contribution in [-0.4, -0.2) is 0 Å². The summed E-state index contributed by atoms with van der Waals surface area (Å²) >= 11 is 0. The zero-order chi connectivity index (χ0) is 24.7. The highest BCUT2D eigenvalue weighted by molar-refractivity contribution is 5.97. The second-order valence-corrected chi connectivity index (χ2v) is 7.52. The van der Waals surface area contributed by atoms with Gasteiger partial charge in [-0.2, -0.15) is 36.9 Å². The van der Waals surface area contributed by atoms with Crippen molar-refractivity contribution in [3.8, 4) is 34.4 Å². The van der Waals surface area contributed by atoms with E-state index in [4.69, 9.17) is 0 Å². The Morgan fingerprint density at radius 2 is 0.912 bits per heavy atom. The quantitative estimate of drug-likeness (QED) is 0.282. The molecule has 4 aromatic rings. The molecule has 0 aromatic heterocycles. The van der Waals surface area contributed by atoms with E-state index in [1.54, 1.807) is 0 Å². The molecule has 0 aliphatic carbocycles. The molecule has 2 nitrogen and oxygen atoms in total. The Hall–Kier alpha value is -4.30. The summed E-state index contributed by atoms with van der Waals surface area (Å²) in [5, 5.41) is 19.6. The highest BCUT2D eigenvalue weighted by Gasteiger charge is 2.32. The minimum Gasteiger partial charge on any atom is -0.192 e. The molecule has 0 N–H and O–H groups in total. The largest absolute Gasteiger partial charge is 0.416 e. The molecule has 0 aliphatic rings. The van der Waals surface area contributed by atoms with Crippen LogP contribution in [0.1, 0.15) is 22.3 Å². The summed E-state index contributed by atoms with van der Waals surface area (Å²) in [5.74, 6) is 0. The van der Waals surface area contributed by atoms with Crippen LogP contribution in [0.3, 0.4) is 0 Å². The molecule has 0 saturated heterocycles. The van der Waals surface area contributed by atoms with Crippen LogP contribution >= 0.6 is 0 Å². The van der Waals surface area contributed by atoms with Gasteiger partial charge in [0.05, 0.1) is 22.3 Å². The maximum atomic E-state index is 13.3. The molecule has 0 saturated carbocycles. The zero-order valence-corrected chi connectivity index (χ0v) is 17.1. The molecule has 0 radical (unpaired) electrons. The van der Waals surface area contributed by atoms with Crippen molar-refractivity contribution in [2.75, 3.05) is 0 Å². The Balaban J connectivity index is 2.06. The highest BCUT2D eigenvalue weighted by Crippen LogP contribution is 2.40. The smallest absolute Gasteiger partial charge is 0.192 e. The molecule has 0 amide bonds. The van der Waals surface area contributed by atoms with E-state index in [2.05, 4.69) is 0 Å². The minimum atomic E-state index is -4.61. The molecule has 168 valence electrons. The fourth-order valence-electron chi connectivity index (χ4n) is 3.74. The van der Waals surface area contributed by atoms with Crippen LogP contribution in [0.4, 0.5) is 26.3 Å². The number of halogens is 6. The van der Waals surface area contributed by atoms with Gasteiger partial charge in [-0.15, -0.1) is 0 Å². The van der Waals surface area contributed by atoms with Crippen LogP contribution in [-0.2, 0) is 12.4 Å². The maximum absolute atomic E-state index is 13.3. The van der Waals surface area contributed by atoms with Crippen molar-refractivity contribution in [1.82, 2.24) is 0 Å². The topological polar surface area (TPSA) is 47.6 Å². The first-order chi connectivity index (χ1) is 16.0. The lowest BCUT2D eigenvalue weighted by Crippen LogP contribution is -2.05. The van der Waals surface area contributed by atoms with Gasteiger partial charge in [0.15, 0.2) is 0 Å². The van der Waals surface area contributed by atoms with E-state index in [1.165, 1.54) is 48.5 Å². The minimum absolute atomic E-state index is 0.0804. The zero-order valence-electron chi connectivity index (χ0n) is 17.1. The molecule has 0 heterocycles. The third-order valence-corrected chi connectivity index (χ3v) is 5.36. The van der Waals surface area contributed by atoms with Crippen LogP contribution in [0.25, 0.3) is 33.0 Å². The van der Waals surface area contributed by atoms with E-state index in [0.29, 0.717) is 10.8 Å². The number of hydrogen-bond donors (Lipinski definition) is 0. The lowest BCUT2D eigenvalue weighted by molar-refractivity contribution is -0.138. The van der Waals surface area contributed by atoms with Crippen LogP contribution in [0.15, 0.2) is 72.8 Å². The number of fused-ring (bicyclic) bond motifs is 1. The lowest BCUT2D eigenvalue weighted by atomic mass is 9.89. The lowest BCUT2D eigenvalue weighted by Gasteiger charge is -2.16. The van der Waals surface area contributed by atoms with Crippen molar-refractivity contribution in [2.45, 2.75) is 12.4 Å². The van der Waals surface area contributed by atoms with E-state index >= 15 is 0 Å². The Kier molecular flexibility index (Phi) is 5.54. The molecule has 4 rings (SSSR count). The Morgan fingerprint density at radius 3 is 1.24 bits per heavy atom. The summed E-state index contributed by atoms with van der Waals surface area (Å²) in [6.45, 7) is 0. The average molecular weight is 466 g/mol. The van der Waals surface area contributed by atoms with Gasteiger partial charge in [0.1, 0.15) is 12.1 Å². The monoisotopic (exact) mass is 466 g/mol. The second-order valence-electron chi connectivity index (χ2n) is 7.52. The van der Waals surface area contributed by atoms with E-state index in [9.17, 15) is 36.9 Å². The molecule has 0 bridgehead atoms. The molecular weight excluding hydrogens is 454 g/mol.